The number of unbranched alkanes of at least 4 members (excludes halogenated alkanes) is 1. The third kappa shape index (κ3) is 13.9. The Morgan fingerprint density at radius 1 is 0.943 bits per heavy atom. The molecule has 1 atom stereocenters. The molecule has 1 saturated heterocycles. The summed E-state index contributed by atoms with van der Waals surface area (Å²) in [5, 5.41) is 3.02. The van der Waals surface area contributed by atoms with Crippen molar-refractivity contribution in [1.29, 1.82) is 0 Å². The molecule has 0 aromatic heterocycles. The van der Waals surface area contributed by atoms with Gasteiger partial charge in [0.25, 0.3) is 0 Å². The van der Waals surface area contributed by atoms with E-state index in [0.717, 1.165) is 32.1 Å². The Morgan fingerprint density at radius 3 is 2.03 bits per heavy atom. The van der Waals surface area contributed by atoms with Crippen LogP contribution >= 0.6 is 0 Å². The molecule has 1 amide bonds. The van der Waals surface area contributed by atoms with E-state index in [4.69, 9.17) is 10.5 Å². The molecule has 1 heterocycles. The van der Waals surface area contributed by atoms with Crippen molar-refractivity contribution in [2.75, 3.05) is 59.4 Å². The lowest BCUT2D eigenvalue weighted by molar-refractivity contribution is -0.158. The summed E-state index contributed by atoms with van der Waals surface area (Å²) in [6.07, 6.45) is 3.67. The molecule has 35 heavy (non-hydrogen) atoms. The summed E-state index contributed by atoms with van der Waals surface area (Å²) >= 11 is 0. The van der Waals surface area contributed by atoms with Crippen molar-refractivity contribution in [3.63, 3.8) is 0 Å². The predicted octanol–water partition coefficient (Wildman–Crippen LogP) is 1.26. The van der Waals surface area contributed by atoms with Gasteiger partial charge in [-0.2, -0.15) is 0 Å². The van der Waals surface area contributed by atoms with Crippen LogP contribution in [0.25, 0.3) is 0 Å². The molecule has 0 aliphatic carbocycles. The fraction of sp³-hybridized carbons (Fsp3) is 0.880. The summed E-state index contributed by atoms with van der Waals surface area (Å²) in [5.41, 5.74) is 5.76. The molecule has 0 saturated carbocycles. The molecular formula is C25H50N6O4. The predicted molar refractivity (Wildman–Crippen MR) is 138 cm³/mol. The number of amides is 1. The van der Waals surface area contributed by atoms with Gasteiger partial charge in [0.1, 0.15) is 11.9 Å². The van der Waals surface area contributed by atoms with Crippen LogP contribution in [-0.4, -0.2) is 109 Å². The van der Waals surface area contributed by atoms with Gasteiger partial charge in [0, 0.05) is 12.6 Å². The molecule has 1 unspecified atom stereocenters. The molecule has 1 aliphatic rings. The SMILES string of the molecule is CCN1CN(CC(=O)NCCCCC(N)C(C)(C)C)CN(CC=O)CN(CC(=O)OC(C)(C)C)C1. The molecule has 0 bridgehead atoms. The highest BCUT2D eigenvalue weighted by Crippen LogP contribution is 2.21. The van der Waals surface area contributed by atoms with Crippen molar-refractivity contribution in [1.82, 2.24) is 24.9 Å². The average Bonchev–Trinajstić information content (AvgIpc) is 2.69. The molecule has 1 aliphatic heterocycles. The fourth-order valence-corrected chi connectivity index (χ4v) is 3.90. The lowest BCUT2D eigenvalue weighted by atomic mass is 9.84. The first-order valence-corrected chi connectivity index (χ1v) is 12.8. The van der Waals surface area contributed by atoms with Crippen molar-refractivity contribution in [2.45, 2.75) is 79.4 Å². The number of nitrogens with one attached hydrogen (secondary N) is 1. The van der Waals surface area contributed by atoms with Crippen LogP contribution < -0.4 is 11.1 Å². The maximum absolute atomic E-state index is 12.6. The summed E-state index contributed by atoms with van der Waals surface area (Å²) in [4.78, 5) is 44.4. The molecular weight excluding hydrogens is 448 g/mol. The number of esters is 1. The van der Waals surface area contributed by atoms with Crippen molar-refractivity contribution in [3.05, 3.63) is 0 Å². The third-order valence-corrected chi connectivity index (χ3v) is 5.90. The minimum Gasteiger partial charge on any atom is -0.459 e. The van der Waals surface area contributed by atoms with Gasteiger partial charge in [-0.05, 0) is 45.6 Å². The van der Waals surface area contributed by atoms with Crippen LogP contribution in [0.15, 0.2) is 0 Å². The summed E-state index contributed by atoms with van der Waals surface area (Å²) in [5.74, 6) is -0.321. The van der Waals surface area contributed by atoms with E-state index in [9.17, 15) is 14.4 Å². The van der Waals surface area contributed by atoms with E-state index in [-0.39, 0.29) is 43.0 Å². The number of nitrogens with zero attached hydrogens (tertiary/aromatic N) is 4. The highest BCUT2D eigenvalue weighted by molar-refractivity contribution is 5.78. The number of hydrogen-bond acceptors (Lipinski definition) is 9. The summed E-state index contributed by atoms with van der Waals surface area (Å²) in [7, 11) is 0. The van der Waals surface area contributed by atoms with Crippen molar-refractivity contribution in [3.8, 4) is 0 Å². The Morgan fingerprint density at radius 2 is 1.51 bits per heavy atom. The number of carbonyl (C=O) groups is 3. The van der Waals surface area contributed by atoms with E-state index in [1.165, 1.54) is 0 Å². The topological polar surface area (TPSA) is 111 Å². The van der Waals surface area contributed by atoms with E-state index >= 15 is 0 Å². The molecule has 10 nitrogen and oxygen atoms in total. The fourth-order valence-electron chi connectivity index (χ4n) is 3.90. The van der Waals surface area contributed by atoms with Crippen molar-refractivity contribution < 1.29 is 19.1 Å². The maximum Gasteiger partial charge on any atom is 0.320 e. The first-order chi connectivity index (χ1) is 16.2. The van der Waals surface area contributed by atoms with Gasteiger partial charge < -0.3 is 20.6 Å². The van der Waals surface area contributed by atoms with Crippen molar-refractivity contribution in [2.24, 2.45) is 11.1 Å². The van der Waals surface area contributed by atoms with Crippen LogP contribution in [0.4, 0.5) is 0 Å². The molecule has 0 spiro atoms. The first kappa shape index (κ1) is 31.4. The minimum absolute atomic E-state index is 0.0292. The van der Waals surface area contributed by atoms with Crippen LogP contribution in [0.5, 0.6) is 0 Å². The number of rotatable bonds is 12. The first-order valence-electron chi connectivity index (χ1n) is 12.8. The van der Waals surface area contributed by atoms with Gasteiger partial charge in [0.05, 0.1) is 46.3 Å². The summed E-state index contributed by atoms with van der Waals surface area (Å²) < 4.78 is 5.48. The minimum atomic E-state index is -0.546. The van der Waals surface area contributed by atoms with Gasteiger partial charge in [-0.3, -0.25) is 29.2 Å². The normalized spacial score (nSPS) is 18.5. The van der Waals surface area contributed by atoms with E-state index in [2.05, 4.69) is 37.9 Å². The number of hydrogen-bond donors (Lipinski definition) is 2. The van der Waals surface area contributed by atoms with Gasteiger partial charge in [0.2, 0.25) is 5.91 Å². The van der Waals surface area contributed by atoms with Gasteiger partial charge in [-0.15, -0.1) is 0 Å². The number of nitrogens with two attached hydrogens (primary N) is 1. The Hall–Kier alpha value is -1.59. The number of ether oxygens (including phenoxy) is 1. The number of carbonyl (C=O) groups excluding carboxylic acids is 3. The summed E-state index contributed by atoms with van der Waals surface area (Å²) in [6, 6.07) is 0.151. The highest BCUT2D eigenvalue weighted by atomic mass is 16.6. The molecule has 1 rings (SSSR count). The monoisotopic (exact) mass is 498 g/mol. The van der Waals surface area contributed by atoms with Crippen LogP contribution in [0.2, 0.25) is 0 Å². The van der Waals surface area contributed by atoms with Gasteiger partial charge in [-0.25, -0.2) is 0 Å². The van der Waals surface area contributed by atoms with Crippen LogP contribution in [0, 0.1) is 5.41 Å². The zero-order valence-corrected chi connectivity index (χ0v) is 23.1. The zero-order chi connectivity index (χ0) is 26.6. The Bertz CT molecular complexity index is 661. The Kier molecular flexibility index (Phi) is 13.3. The quantitative estimate of drug-likeness (QED) is 0.233. The Balaban J connectivity index is 2.61. The highest BCUT2D eigenvalue weighted by Gasteiger charge is 2.26. The largest absolute Gasteiger partial charge is 0.459 e. The second-order valence-corrected chi connectivity index (χ2v) is 11.6. The molecule has 0 aromatic carbocycles. The van der Waals surface area contributed by atoms with Gasteiger partial charge >= 0.3 is 5.97 Å². The third-order valence-electron chi connectivity index (χ3n) is 5.90. The standard InChI is InChI=1S/C25H50N6O4/c1-8-28-17-30(15-22(33)27-12-10-9-11-21(26)24(2,3)4)19-29(13-14-32)20-31(18-28)16-23(34)35-25(5,6)7/h14,21H,8-13,15-20,26H2,1-7H3,(H,27,33). The molecule has 3 N–H and O–H groups in total. The van der Waals surface area contributed by atoms with Crippen LogP contribution in [-0.2, 0) is 19.1 Å². The lowest BCUT2D eigenvalue weighted by Crippen LogP contribution is -2.57. The Labute approximate surface area is 212 Å². The van der Waals surface area contributed by atoms with Crippen LogP contribution in [0.1, 0.15) is 67.7 Å². The molecule has 0 radical (unpaired) electrons. The lowest BCUT2D eigenvalue weighted by Gasteiger charge is -2.41. The molecule has 0 aromatic rings. The second kappa shape index (κ2) is 14.8. The second-order valence-electron chi connectivity index (χ2n) is 11.6. The number of aldehydes is 1. The molecule has 204 valence electrons. The smallest absolute Gasteiger partial charge is 0.320 e. The van der Waals surface area contributed by atoms with Crippen molar-refractivity contribution >= 4 is 18.2 Å². The van der Waals surface area contributed by atoms with Crippen LogP contribution in [0.3, 0.4) is 0 Å². The average molecular weight is 499 g/mol. The maximum atomic E-state index is 12.6. The van der Waals surface area contributed by atoms with E-state index in [0.29, 0.717) is 33.2 Å². The molecule has 1 fully saturated rings. The summed E-state index contributed by atoms with van der Waals surface area (Å²) in [6.45, 7) is 18.0. The van der Waals surface area contributed by atoms with E-state index in [1.807, 2.05) is 35.5 Å². The van der Waals surface area contributed by atoms with Gasteiger partial charge in [-0.1, -0.05) is 34.1 Å². The van der Waals surface area contributed by atoms with E-state index in [1.54, 1.807) is 0 Å². The zero-order valence-electron chi connectivity index (χ0n) is 23.1. The van der Waals surface area contributed by atoms with E-state index < -0.39 is 5.60 Å². The molecule has 10 heteroatoms. The van der Waals surface area contributed by atoms with Gasteiger partial charge in [0.15, 0.2) is 0 Å².